The molecule has 0 unspecified atom stereocenters. The van der Waals surface area contributed by atoms with Crippen molar-refractivity contribution in [3.05, 3.63) is 52.9 Å². The first-order valence-corrected chi connectivity index (χ1v) is 9.96. The first-order valence-electron chi connectivity index (χ1n) is 7.64. The molecule has 0 bridgehead atoms. The molecule has 2 amide bonds. The number of carboxylic acid groups (broad SMARTS) is 1. The fourth-order valence-electron chi connectivity index (χ4n) is 2.02. The van der Waals surface area contributed by atoms with Gasteiger partial charge in [-0.25, -0.2) is 18.0 Å². The van der Waals surface area contributed by atoms with Crippen LogP contribution in [0.15, 0.2) is 46.0 Å². The van der Waals surface area contributed by atoms with Crippen LogP contribution in [0.2, 0.25) is 0 Å². The third-order valence-corrected chi connectivity index (χ3v) is 6.76. The van der Waals surface area contributed by atoms with Gasteiger partial charge in [-0.1, -0.05) is 18.2 Å². The second-order valence-electron chi connectivity index (χ2n) is 5.37. The van der Waals surface area contributed by atoms with Crippen LogP contribution in [0.3, 0.4) is 0 Å². The van der Waals surface area contributed by atoms with Crippen LogP contribution in [0.4, 0.5) is 4.79 Å². The maximum Gasteiger partial charge on any atom is 0.335 e. The number of nitrogens with zero attached hydrogens (tertiary/aromatic N) is 1. The quantitative estimate of drug-likeness (QED) is 0.625. The Morgan fingerprint density at radius 2 is 1.85 bits per heavy atom. The summed E-state index contributed by atoms with van der Waals surface area (Å²) in [5.41, 5.74) is 0.927. The minimum atomic E-state index is -3.53. The molecule has 1 heterocycles. The predicted molar refractivity (Wildman–Crippen MR) is 97.8 cm³/mol. The normalized spacial score (nSPS) is 11.3. The molecule has 3 N–H and O–H groups in total. The van der Waals surface area contributed by atoms with E-state index in [9.17, 15) is 18.0 Å². The van der Waals surface area contributed by atoms with E-state index in [-0.39, 0.29) is 29.4 Å². The van der Waals surface area contributed by atoms with Gasteiger partial charge in [0.1, 0.15) is 4.21 Å². The Bertz CT molecular complexity index is 849. The van der Waals surface area contributed by atoms with Crippen LogP contribution in [0.5, 0.6) is 0 Å². The van der Waals surface area contributed by atoms with Crippen LogP contribution in [-0.4, -0.2) is 50.0 Å². The van der Waals surface area contributed by atoms with Gasteiger partial charge in [0.15, 0.2) is 0 Å². The lowest BCUT2D eigenvalue weighted by Gasteiger charge is -2.16. The summed E-state index contributed by atoms with van der Waals surface area (Å²) < 4.78 is 25.9. The van der Waals surface area contributed by atoms with Crippen LogP contribution in [0, 0.1) is 0 Å². The first-order chi connectivity index (χ1) is 12.3. The Balaban J connectivity index is 1.74. The molecule has 1 aromatic heterocycles. The van der Waals surface area contributed by atoms with Crippen LogP contribution in [0.1, 0.15) is 15.9 Å². The highest BCUT2D eigenvalue weighted by molar-refractivity contribution is 7.91. The number of rotatable bonds is 8. The number of hydrogen-bond acceptors (Lipinski definition) is 5. The lowest BCUT2D eigenvalue weighted by atomic mass is 10.1. The summed E-state index contributed by atoms with van der Waals surface area (Å²) in [4.78, 5) is 22.5. The zero-order valence-corrected chi connectivity index (χ0v) is 15.6. The fraction of sp³-hybridized carbons (Fsp3) is 0.250. The molecule has 0 saturated heterocycles. The minimum Gasteiger partial charge on any atom is -0.478 e. The highest BCUT2D eigenvalue weighted by Gasteiger charge is 2.21. The van der Waals surface area contributed by atoms with Crippen molar-refractivity contribution < 1.29 is 23.1 Å². The van der Waals surface area contributed by atoms with E-state index in [1.165, 1.54) is 29.6 Å². The van der Waals surface area contributed by atoms with Crippen molar-refractivity contribution in [2.45, 2.75) is 10.8 Å². The molecule has 8 nitrogen and oxygen atoms in total. The van der Waals surface area contributed by atoms with Crippen molar-refractivity contribution in [1.82, 2.24) is 14.9 Å². The van der Waals surface area contributed by atoms with Crippen molar-refractivity contribution in [1.29, 1.82) is 0 Å². The topological polar surface area (TPSA) is 116 Å². The number of carboxylic acids is 1. The predicted octanol–water partition coefficient (Wildman–Crippen LogP) is 1.57. The van der Waals surface area contributed by atoms with E-state index in [1.54, 1.807) is 23.6 Å². The van der Waals surface area contributed by atoms with Gasteiger partial charge in [-0.05, 0) is 29.1 Å². The molecule has 0 fully saturated rings. The fourth-order valence-corrected chi connectivity index (χ4v) is 4.39. The van der Waals surface area contributed by atoms with Gasteiger partial charge in [0.2, 0.25) is 0 Å². The summed E-state index contributed by atoms with van der Waals surface area (Å²) in [7, 11) is -2.07. The molecule has 2 aromatic rings. The summed E-state index contributed by atoms with van der Waals surface area (Å²) >= 11 is 1.14. The number of sulfonamides is 1. The van der Waals surface area contributed by atoms with Crippen molar-refractivity contribution in [3.8, 4) is 0 Å². The van der Waals surface area contributed by atoms with Gasteiger partial charge in [-0.15, -0.1) is 11.3 Å². The molecular formula is C16H19N3O5S2. The number of likely N-dealkylation sites (N-methyl/N-ethyl adjacent to an activating group) is 1. The highest BCUT2D eigenvalue weighted by atomic mass is 32.2. The SMILES string of the molecule is CN(CCNC(=O)NCc1ccc(C(=O)O)cc1)S(=O)(=O)c1cccs1. The highest BCUT2D eigenvalue weighted by Crippen LogP contribution is 2.19. The van der Waals surface area contributed by atoms with Crippen LogP contribution < -0.4 is 10.6 Å². The summed E-state index contributed by atoms with van der Waals surface area (Å²) in [6.07, 6.45) is 0. The summed E-state index contributed by atoms with van der Waals surface area (Å²) in [5.74, 6) is -1.01. The van der Waals surface area contributed by atoms with Crippen LogP contribution >= 0.6 is 11.3 Å². The molecule has 0 aliphatic heterocycles. The van der Waals surface area contributed by atoms with Gasteiger partial charge in [0, 0.05) is 26.7 Å². The van der Waals surface area contributed by atoms with E-state index < -0.39 is 22.0 Å². The molecule has 0 atom stereocenters. The Morgan fingerprint density at radius 3 is 2.42 bits per heavy atom. The smallest absolute Gasteiger partial charge is 0.335 e. The van der Waals surface area contributed by atoms with Crippen molar-refractivity contribution in [3.63, 3.8) is 0 Å². The Morgan fingerprint density at radius 1 is 1.15 bits per heavy atom. The molecule has 10 heteroatoms. The molecular weight excluding hydrogens is 378 g/mol. The minimum absolute atomic E-state index is 0.140. The molecule has 0 aliphatic rings. The van der Waals surface area contributed by atoms with E-state index in [2.05, 4.69) is 10.6 Å². The number of carbonyl (C=O) groups is 2. The Labute approximate surface area is 155 Å². The van der Waals surface area contributed by atoms with E-state index in [0.717, 1.165) is 16.9 Å². The monoisotopic (exact) mass is 397 g/mol. The third kappa shape index (κ3) is 5.28. The summed E-state index contributed by atoms with van der Waals surface area (Å²) in [6.45, 7) is 0.529. The van der Waals surface area contributed by atoms with Crippen molar-refractivity contribution in [2.24, 2.45) is 0 Å². The van der Waals surface area contributed by atoms with Gasteiger partial charge in [0.25, 0.3) is 10.0 Å². The molecule has 1 aromatic carbocycles. The third-order valence-electron chi connectivity index (χ3n) is 3.53. The van der Waals surface area contributed by atoms with E-state index in [1.807, 2.05) is 0 Å². The molecule has 2 rings (SSSR count). The number of aromatic carboxylic acids is 1. The second kappa shape index (κ2) is 8.79. The molecule has 140 valence electrons. The van der Waals surface area contributed by atoms with E-state index >= 15 is 0 Å². The number of nitrogens with one attached hydrogen (secondary N) is 2. The average molecular weight is 397 g/mol. The van der Waals surface area contributed by atoms with E-state index in [0.29, 0.717) is 0 Å². The molecule has 26 heavy (non-hydrogen) atoms. The maximum atomic E-state index is 12.2. The molecule has 0 saturated carbocycles. The molecule has 0 spiro atoms. The number of urea groups is 1. The number of hydrogen-bond donors (Lipinski definition) is 3. The summed E-state index contributed by atoms with van der Waals surface area (Å²) in [5, 5.41) is 15.7. The van der Waals surface area contributed by atoms with Gasteiger partial charge in [0.05, 0.1) is 5.56 Å². The zero-order chi connectivity index (χ0) is 19.2. The van der Waals surface area contributed by atoms with Gasteiger partial charge in [-0.3, -0.25) is 0 Å². The Kier molecular flexibility index (Phi) is 6.72. The Hall–Kier alpha value is -2.43. The first kappa shape index (κ1) is 19.9. The number of benzene rings is 1. The van der Waals surface area contributed by atoms with Crippen molar-refractivity contribution >= 4 is 33.4 Å². The lowest BCUT2D eigenvalue weighted by Crippen LogP contribution is -2.40. The van der Waals surface area contributed by atoms with Gasteiger partial charge < -0.3 is 15.7 Å². The number of thiophene rings is 1. The largest absolute Gasteiger partial charge is 0.478 e. The lowest BCUT2D eigenvalue weighted by molar-refractivity contribution is 0.0697. The second-order valence-corrected chi connectivity index (χ2v) is 8.59. The van der Waals surface area contributed by atoms with Crippen LogP contribution in [-0.2, 0) is 16.6 Å². The number of amides is 2. The van der Waals surface area contributed by atoms with Crippen molar-refractivity contribution in [2.75, 3.05) is 20.1 Å². The van der Waals surface area contributed by atoms with Crippen LogP contribution in [0.25, 0.3) is 0 Å². The molecule has 0 radical (unpaired) electrons. The standard InChI is InChI=1S/C16H19N3O5S2/c1-19(26(23,24)14-3-2-10-25-14)9-8-17-16(22)18-11-12-4-6-13(7-5-12)15(20)21/h2-7,10H,8-9,11H2,1H3,(H,20,21)(H2,17,18,22). The van der Waals surface area contributed by atoms with Gasteiger partial charge in [-0.2, -0.15) is 4.31 Å². The molecule has 0 aliphatic carbocycles. The average Bonchev–Trinajstić information content (AvgIpc) is 3.15. The summed E-state index contributed by atoms with van der Waals surface area (Å²) in [6, 6.07) is 8.92. The van der Waals surface area contributed by atoms with Gasteiger partial charge >= 0.3 is 12.0 Å². The number of carbonyl (C=O) groups excluding carboxylic acids is 1. The van der Waals surface area contributed by atoms with E-state index in [4.69, 9.17) is 5.11 Å². The zero-order valence-electron chi connectivity index (χ0n) is 14.0. The maximum absolute atomic E-state index is 12.2.